The summed E-state index contributed by atoms with van der Waals surface area (Å²) >= 11 is 0. The first-order valence-corrected chi connectivity index (χ1v) is 10.5. The van der Waals surface area contributed by atoms with Gasteiger partial charge >= 0.3 is 0 Å². The Kier molecular flexibility index (Phi) is 8.84. The number of nitrogens with one attached hydrogen (secondary N) is 2. The topological polar surface area (TPSA) is 70.4 Å². The fourth-order valence-corrected chi connectivity index (χ4v) is 3.76. The van der Waals surface area contributed by atoms with Crippen molar-refractivity contribution in [2.24, 2.45) is 4.99 Å². The minimum atomic E-state index is 0. The fourth-order valence-electron chi connectivity index (χ4n) is 3.76. The van der Waals surface area contributed by atoms with Gasteiger partial charge in [0.05, 0.1) is 5.69 Å². The first-order chi connectivity index (χ1) is 14.8. The first kappa shape index (κ1) is 23.2. The van der Waals surface area contributed by atoms with Crippen molar-refractivity contribution in [2.75, 3.05) is 20.1 Å². The summed E-state index contributed by atoms with van der Waals surface area (Å²) in [6, 6.07) is 19.4. The molecule has 0 saturated carbocycles. The van der Waals surface area contributed by atoms with Crippen LogP contribution in [0.1, 0.15) is 24.0 Å². The highest BCUT2D eigenvalue weighted by Crippen LogP contribution is 2.14. The second-order valence-electron chi connectivity index (χ2n) is 7.61. The van der Waals surface area contributed by atoms with E-state index < -0.39 is 0 Å². The van der Waals surface area contributed by atoms with Crippen molar-refractivity contribution in [3.63, 3.8) is 0 Å². The third kappa shape index (κ3) is 6.76. The zero-order valence-corrected chi connectivity index (χ0v) is 20.1. The van der Waals surface area contributed by atoms with Crippen molar-refractivity contribution in [1.82, 2.24) is 30.3 Å². The third-order valence-electron chi connectivity index (χ3n) is 5.48. The van der Waals surface area contributed by atoms with Gasteiger partial charge in [0.2, 0.25) is 0 Å². The minimum Gasteiger partial charge on any atom is -0.354 e. The normalized spacial score (nSPS) is 15.3. The van der Waals surface area contributed by atoms with Crippen LogP contribution >= 0.6 is 24.0 Å². The monoisotopic (exact) mass is 531 g/mol. The average Bonchev–Trinajstić information content (AvgIpc) is 3.34. The van der Waals surface area contributed by atoms with Crippen LogP contribution in [0.2, 0.25) is 0 Å². The van der Waals surface area contributed by atoms with Gasteiger partial charge in [0.15, 0.2) is 5.96 Å². The molecule has 2 N–H and O–H groups in total. The molecule has 3 aromatic rings. The Morgan fingerprint density at radius 1 is 1.03 bits per heavy atom. The van der Waals surface area contributed by atoms with Gasteiger partial charge in [-0.1, -0.05) is 42.5 Å². The van der Waals surface area contributed by atoms with Crippen LogP contribution in [0, 0.1) is 0 Å². The lowest BCUT2D eigenvalue weighted by Crippen LogP contribution is -2.48. The van der Waals surface area contributed by atoms with Crippen LogP contribution in [-0.2, 0) is 13.1 Å². The number of aliphatic imine (C=N–C) groups is 1. The molecule has 0 bridgehead atoms. The Morgan fingerprint density at radius 3 is 2.42 bits per heavy atom. The molecule has 2 aromatic carbocycles. The number of hydrogen-bond acceptors (Lipinski definition) is 4. The zero-order chi connectivity index (χ0) is 20.6. The second kappa shape index (κ2) is 11.8. The minimum absolute atomic E-state index is 0. The van der Waals surface area contributed by atoms with Crippen LogP contribution in [0.3, 0.4) is 0 Å². The van der Waals surface area contributed by atoms with Crippen LogP contribution in [0.5, 0.6) is 0 Å². The fraction of sp³-hybridized carbons (Fsp3) is 0.348. The summed E-state index contributed by atoms with van der Waals surface area (Å²) in [5, 5.41) is 11.2. The quantitative estimate of drug-likeness (QED) is 0.291. The summed E-state index contributed by atoms with van der Waals surface area (Å²) in [6.45, 7) is 3.97. The van der Waals surface area contributed by atoms with Gasteiger partial charge in [-0.05, 0) is 36.1 Å². The summed E-state index contributed by atoms with van der Waals surface area (Å²) in [6.07, 6.45) is 5.49. The van der Waals surface area contributed by atoms with Crippen LogP contribution in [-0.4, -0.2) is 51.8 Å². The van der Waals surface area contributed by atoms with E-state index in [0.29, 0.717) is 6.04 Å². The lowest BCUT2D eigenvalue weighted by atomic mass is 10.0. The lowest BCUT2D eigenvalue weighted by molar-refractivity contribution is 0.198. The van der Waals surface area contributed by atoms with Crippen LogP contribution in [0.4, 0.5) is 0 Å². The largest absolute Gasteiger partial charge is 0.354 e. The van der Waals surface area contributed by atoms with Crippen molar-refractivity contribution in [3.8, 4) is 5.69 Å². The first-order valence-electron chi connectivity index (χ1n) is 10.5. The standard InChI is InChI=1S/C23H29N7.HI/c1-24-23(26-15-19-7-9-22(10-8-19)30-18-25-17-27-30)28-21-11-13-29(14-12-21)16-20-5-3-2-4-6-20;/h2-10,17-18,21H,11-16H2,1H3,(H2,24,26,28);1H. The SMILES string of the molecule is CN=C(NCc1ccc(-n2cncn2)cc1)NC1CCN(Cc2ccccc2)CC1.I. The molecule has 0 radical (unpaired) electrons. The molecule has 1 saturated heterocycles. The van der Waals surface area contributed by atoms with Crippen LogP contribution < -0.4 is 10.6 Å². The van der Waals surface area contributed by atoms with Gasteiger partial charge in [0.25, 0.3) is 0 Å². The molecular weight excluding hydrogens is 501 g/mol. The van der Waals surface area contributed by atoms with E-state index in [1.165, 1.54) is 17.5 Å². The number of benzene rings is 2. The Hall–Kier alpha value is -2.46. The average molecular weight is 531 g/mol. The molecule has 1 aliphatic rings. The van der Waals surface area contributed by atoms with Gasteiger partial charge in [-0.3, -0.25) is 9.89 Å². The second-order valence-corrected chi connectivity index (χ2v) is 7.61. The predicted molar refractivity (Wildman–Crippen MR) is 135 cm³/mol. The molecule has 4 rings (SSSR count). The number of likely N-dealkylation sites (tertiary alicyclic amines) is 1. The highest BCUT2D eigenvalue weighted by molar-refractivity contribution is 14.0. The van der Waals surface area contributed by atoms with E-state index in [0.717, 1.165) is 50.7 Å². The maximum Gasteiger partial charge on any atom is 0.191 e. The van der Waals surface area contributed by atoms with E-state index in [2.05, 4.69) is 73.1 Å². The highest BCUT2D eigenvalue weighted by Gasteiger charge is 2.20. The van der Waals surface area contributed by atoms with Crippen molar-refractivity contribution < 1.29 is 0 Å². The third-order valence-corrected chi connectivity index (χ3v) is 5.48. The number of nitrogens with zero attached hydrogens (tertiary/aromatic N) is 5. The molecule has 0 amide bonds. The Balaban J connectivity index is 0.00000272. The van der Waals surface area contributed by atoms with Crippen LogP contribution in [0.15, 0.2) is 72.2 Å². The summed E-state index contributed by atoms with van der Waals surface area (Å²) in [4.78, 5) is 10.9. The number of hydrogen-bond donors (Lipinski definition) is 2. The molecule has 31 heavy (non-hydrogen) atoms. The Morgan fingerprint density at radius 2 is 1.77 bits per heavy atom. The van der Waals surface area contributed by atoms with Crippen molar-refractivity contribution in [1.29, 1.82) is 0 Å². The van der Waals surface area contributed by atoms with E-state index in [1.807, 2.05) is 19.2 Å². The predicted octanol–water partition coefficient (Wildman–Crippen LogP) is 3.21. The lowest BCUT2D eigenvalue weighted by Gasteiger charge is -2.33. The molecule has 0 atom stereocenters. The smallest absolute Gasteiger partial charge is 0.191 e. The zero-order valence-electron chi connectivity index (χ0n) is 17.8. The molecule has 1 fully saturated rings. The van der Waals surface area contributed by atoms with Gasteiger partial charge in [-0.2, -0.15) is 5.10 Å². The number of rotatable bonds is 6. The number of halogens is 1. The van der Waals surface area contributed by atoms with Gasteiger partial charge in [0.1, 0.15) is 12.7 Å². The number of guanidine groups is 1. The number of piperidine rings is 1. The van der Waals surface area contributed by atoms with E-state index in [1.54, 1.807) is 11.0 Å². The van der Waals surface area contributed by atoms with E-state index in [9.17, 15) is 0 Å². The molecular formula is C23H30IN7. The van der Waals surface area contributed by atoms with Crippen molar-refractivity contribution in [2.45, 2.75) is 32.0 Å². The van der Waals surface area contributed by atoms with Crippen molar-refractivity contribution >= 4 is 29.9 Å². The molecule has 164 valence electrons. The highest BCUT2D eigenvalue weighted by atomic mass is 127. The molecule has 1 aliphatic heterocycles. The molecule has 0 unspecified atom stereocenters. The summed E-state index contributed by atoms with van der Waals surface area (Å²) in [5.41, 5.74) is 3.58. The Bertz CT molecular complexity index is 918. The van der Waals surface area contributed by atoms with Crippen LogP contribution in [0.25, 0.3) is 5.69 Å². The molecule has 2 heterocycles. The van der Waals surface area contributed by atoms with E-state index in [4.69, 9.17) is 0 Å². The number of aromatic nitrogens is 3. The maximum absolute atomic E-state index is 4.40. The molecule has 1 aromatic heterocycles. The molecule has 0 spiro atoms. The Labute approximate surface area is 201 Å². The van der Waals surface area contributed by atoms with E-state index in [-0.39, 0.29) is 24.0 Å². The van der Waals surface area contributed by atoms with Gasteiger partial charge in [0, 0.05) is 39.3 Å². The van der Waals surface area contributed by atoms with E-state index >= 15 is 0 Å². The summed E-state index contributed by atoms with van der Waals surface area (Å²) < 4.78 is 1.75. The van der Waals surface area contributed by atoms with Crippen molar-refractivity contribution in [3.05, 3.63) is 78.4 Å². The summed E-state index contributed by atoms with van der Waals surface area (Å²) in [7, 11) is 1.83. The van der Waals surface area contributed by atoms with Gasteiger partial charge in [-0.15, -0.1) is 24.0 Å². The van der Waals surface area contributed by atoms with Gasteiger partial charge in [-0.25, -0.2) is 9.67 Å². The maximum atomic E-state index is 4.40. The summed E-state index contributed by atoms with van der Waals surface area (Å²) in [5.74, 6) is 0.858. The molecule has 0 aliphatic carbocycles. The van der Waals surface area contributed by atoms with Gasteiger partial charge < -0.3 is 10.6 Å². The molecule has 7 nitrogen and oxygen atoms in total. The molecule has 8 heteroatoms.